The van der Waals surface area contributed by atoms with Gasteiger partial charge in [0.1, 0.15) is 10.0 Å². The molecule has 0 saturated carbocycles. The summed E-state index contributed by atoms with van der Waals surface area (Å²) in [7, 11) is 0. The van der Waals surface area contributed by atoms with Gasteiger partial charge in [0.2, 0.25) is 0 Å². The molecule has 0 radical (unpaired) electrons. The molecule has 22 heavy (non-hydrogen) atoms. The number of likely N-dealkylation sites (tertiary alicyclic amines) is 2. The highest BCUT2D eigenvalue weighted by molar-refractivity contribution is 7.09. The van der Waals surface area contributed by atoms with Gasteiger partial charge in [-0.3, -0.25) is 9.80 Å². The van der Waals surface area contributed by atoms with E-state index in [0.29, 0.717) is 5.41 Å². The second-order valence-electron chi connectivity index (χ2n) is 6.63. The molecular weight excluding hydrogens is 312 g/mol. The molecule has 2 aliphatic heterocycles. The fourth-order valence-electron chi connectivity index (χ4n) is 3.99. The Morgan fingerprint density at radius 2 is 1.55 bits per heavy atom. The fraction of sp³-hybridized carbons (Fsp3) is 0.625. The normalized spacial score (nSPS) is 26.9. The summed E-state index contributed by atoms with van der Waals surface area (Å²) in [4.78, 5) is 14.1. The SMILES string of the molecule is c1csc(CN2CCC[C@@]3(CCN(Cc4nccs4)C3)C2)n1. The van der Waals surface area contributed by atoms with Crippen molar-refractivity contribution in [3.05, 3.63) is 33.2 Å². The smallest absolute Gasteiger partial charge is 0.107 e. The van der Waals surface area contributed by atoms with Crippen LogP contribution in [0.15, 0.2) is 23.2 Å². The molecule has 1 spiro atoms. The van der Waals surface area contributed by atoms with E-state index in [4.69, 9.17) is 0 Å². The molecule has 4 heterocycles. The molecule has 2 fully saturated rings. The first-order chi connectivity index (χ1) is 10.8. The zero-order valence-corrected chi connectivity index (χ0v) is 14.4. The summed E-state index contributed by atoms with van der Waals surface area (Å²) >= 11 is 3.56. The van der Waals surface area contributed by atoms with Crippen molar-refractivity contribution in [2.45, 2.75) is 32.4 Å². The zero-order chi connectivity index (χ0) is 14.8. The van der Waals surface area contributed by atoms with Crippen molar-refractivity contribution in [3.8, 4) is 0 Å². The number of hydrogen-bond acceptors (Lipinski definition) is 6. The summed E-state index contributed by atoms with van der Waals surface area (Å²) in [6.45, 7) is 7.00. The zero-order valence-electron chi connectivity index (χ0n) is 12.8. The maximum atomic E-state index is 4.45. The minimum absolute atomic E-state index is 0.507. The van der Waals surface area contributed by atoms with Crippen LogP contribution < -0.4 is 0 Å². The highest BCUT2D eigenvalue weighted by atomic mass is 32.1. The van der Waals surface area contributed by atoms with Gasteiger partial charge in [0.05, 0.1) is 13.1 Å². The summed E-state index contributed by atoms with van der Waals surface area (Å²) in [6, 6.07) is 0. The number of piperidine rings is 1. The molecule has 2 aromatic rings. The predicted octanol–water partition coefficient (Wildman–Crippen LogP) is 3.09. The van der Waals surface area contributed by atoms with Gasteiger partial charge in [0, 0.05) is 36.2 Å². The average Bonchev–Trinajstić information content (AvgIpc) is 3.24. The Balaban J connectivity index is 1.37. The molecule has 0 N–H and O–H groups in total. The second-order valence-corrected chi connectivity index (χ2v) is 8.58. The van der Waals surface area contributed by atoms with Crippen molar-refractivity contribution >= 4 is 22.7 Å². The predicted molar refractivity (Wildman–Crippen MR) is 91.1 cm³/mol. The molecule has 1 atom stereocenters. The lowest BCUT2D eigenvalue weighted by Crippen LogP contribution is -2.44. The van der Waals surface area contributed by atoms with Crippen LogP contribution in [0.4, 0.5) is 0 Å². The van der Waals surface area contributed by atoms with Crippen molar-refractivity contribution in [3.63, 3.8) is 0 Å². The van der Waals surface area contributed by atoms with Crippen LogP contribution in [0.1, 0.15) is 29.3 Å². The van der Waals surface area contributed by atoms with E-state index < -0.39 is 0 Å². The van der Waals surface area contributed by atoms with Crippen LogP contribution in [-0.2, 0) is 13.1 Å². The maximum Gasteiger partial charge on any atom is 0.107 e. The third-order valence-electron chi connectivity index (χ3n) is 4.94. The van der Waals surface area contributed by atoms with Crippen LogP contribution in [0.5, 0.6) is 0 Å². The van der Waals surface area contributed by atoms with Crippen LogP contribution in [0.25, 0.3) is 0 Å². The molecule has 0 bridgehead atoms. The van der Waals surface area contributed by atoms with Gasteiger partial charge in [0.25, 0.3) is 0 Å². The standard InChI is InChI=1S/C16H22N4S2/c1-2-16(12-19(6-1)10-14-17-4-8-21-14)3-7-20(13-16)11-15-18-5-9-22-15/h4-5,8-9H,1-3,6-7,10-13H2/t16-/m1/s1. The third-order valence-corrected chi connectivity index (χ3v) is 6.47. The second kappa shape index (κ2) is 6.35. The molecule has 118 valence electrons. The van der Waals surface area contributed by atoms with E-state index in [-0.39, 0.29) is 0 Å². The summed E-state index contributed by atoms with van der Waals surface area (Å²) < 4.78 is 0. The van der Waals surface area contributed by atoms with Crippen molar-refractivity contribution in [1.29, 1.82) is 0 Å². The molecule has 4 rings (SSSR count). The van der Waals surface area contributed by atoms with E-state index in [2.05, 4.69) is 30.5 Å². The van der Waals surface area contributed by atoms with E-state index >= 15 is 0 Å². The molecule has 2 aromatic heterocycles. The Bertz CT molecular complexity index is 583. The highest BCUT2D eigenvalue weighted by Gasteiger charge is 2.41. The van der Waals surface area contributed by atoms with Crippen molar-refractivity contribution in [2.24, 2.45) is 5.41 Å². The molecule has 0 amide bonds. The van der Waals surface area contributed by atoms with Crippen molar-refractivity contribution in [2.75, 3.05) is 26.2 Å². The monoisotopic (exact) mass is 334 g/mol. The molecule has 2 saturated heterocycles. The quantitative estimate of drug-likeness (QED) is 0.860. The number of aromatic nitrogens is 2. The number of rotatable bonds is 4. The van der Waals surface area contributed by atoms with Crippen molar-refractivity contribution < 1.29 is 0 Å². The number of thiazole rings is 2. The lowest BCUT2D eigenvalue weighted by atomic mass is 9.79. The van der Waals surface area contributed by atoms with Crippen LogP contribution >= 0.6 is 22.7 Å². The van der Waals surface area contributed by atoms with Crippen LogP contribution in [0.3, 0.4) is 0 Å². The first-order valence-corrected chi connectivity index (χ1v) is 9.79. The summed E-state index contributed by atoms with van der Waals surface area (Å²) in [6.07, 6.45) is 7.90. The van der Waals surface area contributed by atoms with E-state index in [1.165, 1.54) is 55.5 Å². The molecule has 0 aromatic carbocycles. The summed E-state index contributed by atoms with van der Waals surface area (Å²) in [5, 5.41) is 6.68. The van der Waals surface area contributed by atoms with E-state index in [1.54, 1.807) is 22.7 Å². The minimum atomic E-state index is 0.507. The van der Waals surface area contributed by atoms with E-state index in [0.717, 1.165) is 13.1 Å². The van der Waals surface area contributed by atoms with E-state index in [1.807, 2.05) is 12.4 Å². The highest BCUT2D eigenvalue weighted by Crippen LogP contribution is 2.39. The Hall–Kier alpha value is -0.820. The number of nitrogens with zero attached hydrogens (tertiary/aromatic N) is 4. The lowest BCUT2D eigenvalue weighted by molar-refractivity contribution is 0.0865. The fourth-order valence-corrected chi connectivity index (χ4v) is 5.30. The molecule has 0 unspecified atom stereocenters. The van der Waals surface area contributed by atoms with Crippen molar-refractivity contribution in [1.82, 2.24) is 19.8 Å². The Labute approximate surface area is 139 Å². The van der Waals surface area contributed by atoms with Gasteiger partial charge in [0.15, 0.2) is 0 Å². The Morgan fingerprint density at radius 3 is 2.14 bits per heavy atom. The molecule has 2 aliphatic rings. The Kier molecular flexibility index (Phi) is 4.26. The number of hydrogen-bond donors (Lipinski definition) is 0. The molecule has 4 nitrogen and oxygen atoms in total. The molecule has 6 heteroatoms. The van der Waals surface area contributed by atoms with Gasteiger partial charge in [-0.25, -0.2) is 9.97 Å². The first-order valence-electron chi connectivity index (χ1n) is 8.03. The topological polar surface area (TPSA) is 32.3 Å². The van der Waals surface area contributed by atoms with Gasteiger partial charge in [-0.2, -0.15) is 0 Å². The largest absolute Gasteiger partial charge is 0.296 e. The average molecular weight is 335 g/mol. The Morgan fingerprint density at radius 1 is 0.909 bits per heavy atom. The summed E-state index contributed by atoms with van der Waals surface area (Å²) in [5.74, 6) is 0. The molecule has 0 aliphatic carbocycles. The minimum Gasteiger partial charge on any atom is -0.296 e. The van der Waals surface area contributed by atoms with Crippen LogP contribution in [0, 0.1) is 5.41 Å². The molecular formula is C16H22N4S2. The van der Waals surface area contributed by atoms with Gasteiger partial charge >= 0.3 is 0 Å². The lowest BCUT2D eigenvalue weighted by Gasteiger charge is -2.40. The van der Waals surface area contributed by atoms with Crippen LogP contribution in [0.2, 0.25) is 0 Å². The van der Waals surface area contributed by atoms with E-state index in [9.17, 15) is 0 Å². The van der Waals surface area contributed by atoms with Gasteiger partial charge in [-0.15, -0.1) is 22.7 Å². The van der Waals surface area contributed by atoms with Crippen LogP contribution in [-0.4, -0.2) is 45.9 Å². The summed E-state index contributed by atoms with van der Waals surface area (Å²) in [5.41, 5.74) is 0.507. The first kappa shape index (κ1) is 14.8. The van der Waals surface area contributed by atoms with Gasteiger partial charge in [-0.05, 0) is 37.8 Å². The van der Waals surface area contributed by atoms with Gasteiger partial charge in [-0.1, -0.05) is 0 Å². The van der Waals surface area contributed by atoms with Gasteiger partial charge < -0.3 is 0 Å². The third kappa shape index (κ3) is 3.25. The maximum absolute atomic E-state index is 4.45.